The molecule has 1 aromatic heterocycles. The summed E-state index contributed by atoms with van der Waals surface area (Å²) in [5, 5.41) is 2.53. The van der Waals surface area contributed by atoms with Gasteiger partial charge in [0.1, 0.15) is 5.69 Å². The molecule has 1 heterocycles. The lowest BCUT2D eigenvalue weighted by Gasteiger charge is -2.28. The quantitative estimate of drug-likeness (QED) is 0.248. The van der Waals surface area contributed by atoms with Crippen molar-refractivity contribution in [2.45, 2.75) is 59.9 Å². The van der Waals surface area contributed by atoms with Gasteiger partial charge >= 0.3 is 5.97 Å². The van der Waals surface area contributed by atoms with Crippen molar-refractivity contribution in [1.29, 1.82) is 0 Å². The fourth-order valence-corrected chi connectivity index (χ4v) is 4.62. The van der Waals surface area contributed by atoms with E-state index in [1.807, 2.05) is 43.3 Å². The Kier molecular flexibility index (Phi) is 9.21. The van der Waals surface area contributed by atoms with Crippen LogP contribution in [0.4, 0.5) is 0 Å². The summed E-state index contributed by atoms with van der Waals surface area (Å²) in [4.78, 5) is 15.6. The Morgan fingerprint density at radius 3 is 2.44 bits per heavy atom. The van der Waals surface area contributed by atoms with Crippen LogP contribution in [0.1, 0.15) is 63.9 Å². The minimum atomic E-state index is -0.283. The molecule has 0 saturated carbocycles. The van der Waals surface area contributed by atoms with Crippen molar-refractivity contribution in [2.24, 2.45) is 5.41 Å². The van der Waals surface area contributed by atoms with E-state index in [1.54, 1.807) is 0 Å². The van der Waals surface area contributed by atoms with Gasteiger partial charge in [-0.3, -0.25) is 0 Å². The van der Waals surface area contributed by atoms with Gasteiger partial charge < -0.3 is 14.2 Å². The monoisotopic (exact) mass is 482 g/mol. The third-order valence-corrected chi connectivity index (χ3v) is 6.86. The molecule has 0 fully saturated rings. The van der Waals surface area contributed by atoms with Crippen LogP contribution >= 0.6 is 11.6 Å². The first-order valence-corrected chi connectivity index (χ1v) is 12.9. The predicted molar refractivity (Wildman–Crippen MR) is 144 cm³/mol. The Morgan fingerprint density at radius 1 is 1.03 bits per heavy atom. The number of hydrogen-bond donors (Lipinski definition) is 0. The van der Waals surface area contributed by atoms with Crippen LogP contribution in [0.2, 0.25) is 5.02 Å². The van der Waals surface area contributed by atoms with E-state index in [0.717, 1.165) is 54.5 Å². The van der Waals surface area contributed by atoms with Gasteiger partial charge in [-0.25, -0.2) is 4.79 Å². The molecule has 5 heteroatoms. The fourth-order valence-electron chi connectivity index (χ4n) is 4.44. The molecule has 0 N–H and O–H groups in total. The van der Waals surface area contributed by atoms with Crippen molar-refractivity contribution < 1.29 is 9.53 Å². The lowest BCUT2D eigenvalue weighted by atomic mass is 9.85. The molecule has 0 aliphatic heterocycles. The minimum Gasteiger partial charge on any atom is -0.461 e. The van der Waals surface area contributed by atoms with Gasteiger partial charge in [-0.15, -0.1) is 0 Å². The average Bonchev–Trinajstić information content (AvgIpc) is 3.14. The summed E-state index contributed by atoms with van der Waals surface area (Å²) < 4.78 is 7.67. The molecule has 0 bridgehead atoms. The van der Waals surface area contributed by atoms with Crippen LogP contribution in [0.15, 0.2) is 48.5 Å². The van der Waals surface area contributed by atoms with Crippen molar-refractivity contribution in [1.82, 2.24) is 9.47 Å². The zero-order valence-corrected chi connectivity index (χ0v) is 22.1. The number of rotatable bonds is 12. The van der Waals surface area contributed by atoms with Crippen molar-refractivity contribution in [2.75, 3.05) is 26.7 Å². The molecule has 0 atom stereocenters. The van der Waals surface area contributed by atoms with Crippen molar-refractivity contribution in [3.05, 3.63) is 59.2 Å². The van der Waals surface area contributed by atoms with Gasteiger partial charge in [-0.1, -0.05) is 75.2 Å². The van der Waals surface area contributed by atoms with E-state index in [4.69, 9.17) is 16.3 Å². The van der Waals surface area contributed by atoms with E-state index in [9.17, 15) is 4.79 Å². The second-order valence-electron chi connectivity index (χ2n) is 9.95. The molecule has 0 saturated heterocycles. The van der Waals surface area contributed by atoms with Crippen LogP contribution in [-0.4, -0.2) is 42.2 Å². The first-order chi connectivity index (χ1) is 16.3. The Hall–Kier alpha value is -2.30. The lowest BCUT2D eigenvalue weighted by molar-refractivity contribution is 0.0515. The van der Waals surface area contributed by atoms with Gasteiger partial charge in [-0.2, -0.15) is 0 Å². The molecule has 4 nitrogen and oxygen atoms in total. The second kappa shape index (κ2) is 11.9. The third-order valence-electron chi connectivity index (χ3n) is 6.62. The van der Waals surface area contributed by atoms with Crippen LogP contribution in [0.5, 0.6) is 0 Å². The lowest BCUT2D eigenvalue weighted by Crippen LogP contribution is -2.27. The van der Waals surface area contributed by atoms with E-state index in [1.165, 1.54) is 12.8 Å². The average molecular weight is 483 g/mol. The van der Waals surface area contributed by atoms with Gasteiger partial charge in [0.25, 0.3) is 0 Å². The molecule has 0 radical (unpaired) electrons. The SMILES string of the molecule is CCCCN(C)CCC(C)(C)CCn1c(C(=O)OCC)c2ccc(Cl)cc2c1-c1ccccc1. The molecule has 0 amide bonds. The summed E-state index contributed by atoms with van der Waals surface area (Å²) in [7, 11) is 2.21. The Bertz CT molecular complexity index is 1090. The molecular formula is C29H39ClN2O2. The zero-order chi connectivity index (χ0) is 24.7. The normalized spacial score (nSPS) is 12.0. The highest BCUT2D eigenvalue weighted by Crippen LogP contribution is 2.38. The molecule has 3 rings (SSSR count). The maximum absolute atomic E-state index is 13.2. The molecule has 184 valence electrons. The van der Waals surface area contributed by atoms with Crippen LogP contribution < -0.4 is 0 Å². The standard InChI is InChI=1S/C29H39ClN2O2/c1-6-8-18-31(5)19-16-29(3,4)17-20-32-26(22-12-10-9-11-13-22)25-21-23(30)14-15-24(25)27(32)28(33)34-7-2/h9-15,21H,6-8,16-20H2,1-5H3. The van der Waals surface area contributed by atoms with Crippen LogP contribution in [0, 0.1) is 5.41 Å². The summed E-state index contributed by atoms with van der Waals surface area (Å²) in [6, 6.07) is 16.0. The largest absolute Gasteiger partial charge is 0.461 e. The summed E-state index contributed by atoms with van der Waals surface area (Å²) >= 11 is 6.41. The van der Waals surface area contributed by atoms with Gasteiger partial charge in [0.2, 0.25) is 0 Å². The first-order valence-electron chi connectivity index (χ1n) is 12.5. The Morgan fingerprint density at radius 2 is 1.76 bits per heavy atom. The Balaban J connectivity index is 1.99. The number of benzene rings is 2. The Labute approximate surface area is 209 Å². The molecule has 3 aromatic rings. The summed E-state index contributed by atoms with van der Waals surface area (Å²) in [6.07, 6.45) is 4.52. The summed E-state index contributed by atoms with van der Waals surface area (Å²) in [5.41, 5.74) is 2.84. The maximum atomic E-state index is 13.2. The van der Waals surface area contributed by atoms with Crippen molar-refractivity contribution in [3.63, 3.8) is 0 Å². The fraction of sp³-hybridized carbons (Fsp3) is 0.483. The molecule has 0 unspecified atom stereocenters. The molecule has 0 aliphatic rings. The van der Waals surface area contributed by atoms with E-state index >= 15 is 0 Å². The number of carbonyl (C=O) groups is 1. The van der Waals surface area contributed by atoms with E-state index in [-0.39, 0.29) is 11.4 Å². The predicted octanol–water partition coefficient (Wildman–Crippen LogP) is 7.68. The number of aromatic nitrogens is 1. The number of hydrogen-bond acceptors (Lipinski definition) is 3. The van der Waals surface area contributed by atoms with Crippen LogP contribution in [0.3, 0.4) is 0 Å². The van der Waals surface area contributed by atoms with E-state index < -0.39 is 0 Å². The van der Waals surface area contributed by atoms with Crippen molar-refractivity contribution in [3.8, 4) is 11.3 Å². The topological polar surface area (TPSA) is 34.5 Å². The molecule has 0 aliphatic carbocycles. The molecule has 0 spiro atoms. The second-order valence-corrected chi connectivity index (χ2v) is 10.4. The number of fused-ring (bicyclic) bond motifs is 1. The van der Waals surface area contributed by atoms with Gasteiger partial charge in [-0.05, 0) is 69.4 Å². The smallest absolute Gasteiger partial charge is 0.355 e. The van der Waals surface area contributed by atoms with Crippen LogP contribution in [0.25, 0.3) is 22.0 Å². The first kappa shape index (κ1) is 26.3. The number of carbonyl (C=O) groups excluding carboxylic acids is 1. The summed E-state index contributed by atoms with van der Waals surface area (Å²) in [6.45, 7) is 12.0. The highest BCUT2D eigenvalue weighted by Gasteiger charge is 2.26. The van der Waals surface area contributed by atoms with E-state index in [0.29, 0.717) is 17.3 Å². The number of halogens is 1. The maximum Gasteiger partial charge on any atom is 0.355 e. The number of ether oxygens (including phenoxy) is 1. The van der Waals surface area contributed by atoms with E-state index in [2.05, 4.69) is 49.4 Å². The highest BCUT2D eigenvalue weighted by molar-refractivity contribution is 6.31. The zero-order valence-electron chi connectivity index (χ0n) is 21.4. The number of esters is 1. The van der Waals surface area contributed by atoms with Gasteiger partial charge in [0, 0.05) is 22.3 Å². The molecule has 2 aromatic carbocycles. The molecule has 34 heavy (non-hydrogen) atoms. The van der Waals surface area contributed by atoms with Gasteiger partial charge in [0.15, 0.2) is 0 Å². The van der Waals surface area contributed by atoms with Gasteiger partial charge in [0.05, 0.1) is 12.3 Å². The number of nitrogens with zero attached hydrogens (tertiary/aromatic N) is 2. The summed E-state index contributed by atoms with van der Waals surface area (Å²) in [5.74, 6) is -0.283. The third kappa shape index (κ3) is 6.43. The highest BCUT2D eigenvalue weighted by atomic mass is 35.5. The van der Waals surface area contributed by atoms with Crippen LogP contribution in [-0.2, 0) is 11.3 Å². The number of unbranched alkanes of at least 4 members (excludes halogenated alkanes) is 1. The molecular weight excluding hydrogens is 444 g/mol. The van der Waals surface area contributed by atoms with Crippen molar-refractivity contribution >= 4 is 28.3 Å². The minimum absolute atomic E-state index is 0.133.